The molecule has 3 saturated heterocycles. The first-order valence-corrected chi connectivity index (χ1v) is 19.8. The van der Waals surface area contributed by atoms with Crippen molar-refractivity contribution < 1.29 is 33.1 Å². The van der Waals surface area contributed by atoms with Crippen LogP contribution in [0.4, 0.5) is 15.8 Å². The van der Waals surface area contributed by atoms with Gasteiger partial charge in [0.25, 0.3) is 17.7 Å². The van der Waals surface area contributed by atoms with Crippen LogP contribution in [0.1, 0.15) is 75.6 Å². The van der Waals surface area contributed by atoms with E-state index < -0.39 is 35.3 Å². The van der Waals surface area contributed by atoms with E-state index in [1.165, 1.54) is 16.9 Å². The van der Waals surface area contributed by atoms with Gasteiger partial charge in [-0.25, -0.2) is 13.9 Å². The monoisotopic (exact) mass is 808 g/mol. The van der Waals surface area contributed by atoms with Gasteiger partial charge in [-0.1, -0.05) is 11.6 Å². The predicted molar refractivity (Wildman–Crippen MR) is 208 cm³/mol. The average Bonchev–Trinajstić information content (AvgIpc) is 3.70. The highest BCUT2D eigenvalue weighted by Gasteiger charge is 2.48. The summed E-state index contributed by atoms with van der Waals surface area (Å²) in [6.07, 6.45) is 10.4. The van der Waals surface area contributed by atoms with Crippen LogP contribution in [-0.2, 0) is 9.59 Å². The molecule has 4 fully saturated rings. The van der Waals surface area contributed by atoms with Crippen molar-refractivity contribution in [1.82, 2.24) is 39.5 Å². The summed E-state index contributed by atoms with van der Waals surface area (Å²) < 4.78 is 25.7. The second kappa shape index (κ2) is 13.9. The number of piperidine rings is 2. The molecule has 2 N–H and O–H groups in total. The molecule has 1 aliphatic carbocycles. The molecule has 10 rings (SSSR count). The topological polar surface area (TPSA) is 176 Å². The molecular weight excluding hydrogens is 771 g/mol. The number of nitrogens with zero attached hydrogens (tertiary/aromatic N) is 8. The molecule has 3 aromatic heterocycles. The van der Waals surface area contributed by atoms with Crippen LogP contribution in [0.3, 0.4) is 0 Å². The number of likely N-dealkylation sites (tertiary alicyclic amines) is 1. The fraction of sp³-hybridized carbons (Fsp3) is 0.400. The minimum absolute atomic E-state index is 0.0434. The number of carbonyl (C=O) groups is 5. The number of nitrogens with one attached hydrogen (secondary N) is 2. The number of rotatable bonds is 10. The number of benzene rings is 2. The Bertz CT molecular complexity index is 2560. The molecule has 7 heterocycles. The molecule has 298 valence electrons. The molecular formula is C40H38ClFN10O6. The highest BCUT2D eigenvalue weighted by Crippen LogP contribution is 2.38. The first kappa shape index (κ1) is 36.4. The Balaban J connectivity index is 0.771. The van der Waals surface area contributed by atoms with Crippen molar-refractivity contribution in [3.63, 3.8) is 0 Å². The van der Waals surface area contributed by atoms with Crippen molar-refractivity contribution in [2.45, 2.75) is 56.3 Å². The number of fused-ring (bicyclic) bond motifs is 3. The summed E-state index contributed by atoms with van der Waals surface area (Å²) in [5.74, 6) is -1.60. The number of ether oxygens (including phenoxy) is 1. The van der Waals surface area contributed by atoms with E-state index in [4.69, 9.17) is 21.4 Å². The standard InChI is InChI=1S/C40H38ClFN10O6/c41-24-14-43-35-29(15-44-51(35)17-24)36(54)45-31-11-23-16-50(47-30(23)13-33(31)58-18-22-1-2-22)25-7-9-48(10-8-25)19-40(42)20-49(21-40)26-3-4-27-28(12-26)39(57)52(38(27)56)32-5-6-34(53)46-37(32)55/h3-4,11-17,22,25,32H,1-2,5-10,18-21H2,(H,45,54)(H,46,53,55). The van der Waals surface area contributed by atoms with Gasteiger partial charge in [0.15, 0.2) is 11.3 Å². The van der Waals surface area contributed by atoms with Crippen LogP contribution >= 0.6 is 11.6 Å². The van der Waals surface area contributed by atoms with E-state index >= 15 is 4.39 Å². The van der Waals surface area contributed by atoms with Crippen molar-refractivity contribution in [2.75, 3.05) is 49.5 Å². The molecule has 16 nitrogen and oxygen atoms in total. The maximum atomic E-state index is 16.1. The van der Waals surface area contributed by atoms with Gasteiger partial charge in [0.05, 0.1) is 65.5 Å². The maximum absolute atomic E-state index is 16.1. The second-order valence-corrected chi connectivity index (χ2v) is 16.5. The summed E-state index contributed by atoms with van der Waals surface area (Å²) >= 11 is 6.05. The molecule has 2 aromatic carbocycles. The van der Waals surface area contributed by atoms with Gasteiger partial charge < -0.3 is 15.0 Å². The fourth-order valence-corrected chi connectivity index (χ4v) is 8.63. The Kier molecular flexibility index (Phi) is 8.70. The third-order valence-corrected chi connectivity index (χ3v) is 12.0. The lowest BCUT2D eigenvalue weighted by atomic mass is 9.92. The number of amides is 5. The van der Waals surface area contributed by atoms with Crippen LogP contribution in [-0.4, -0.2) is 115 Å². The predicted octanol–water partition coefficient (Wildman–Crippen LogP) is 4.04. The van der Waals surface area contributed by atoms with Crippen LogP contribution in [0.5, 0.6) is 5.75 Å². The molecule has 58 heavy (non-hydrogen) atoms. The van der Waals surface area contributed by atoms with Gasteiger partial charge >= 0.3 is 0 Å². The lowest BCUT2D eigenvalue weighted by molar-refractivity contribution is -0.136. The largest absolute Gasteiger partial charge is 0.491 e. The number of alkyl halides is 1. The highest BCUT2D eigenvalue weighted by atomic mass is 35.5. The number of imide groups is 2. The van der Waals surface area contributed by atoms with Gasteiger partial charge in [-0.15, -0.1) is 0 Å². The molecule has 1 saturated carbocycles. The molecule has 0 radical (unpaired) electrons. The summed E-state index contributed by atoms with van der Waals surface area (Å²) in [5, 5.41) is 15.6. The van der Waals surface area contributed by atoms with Crippen LogP contribution < -0.4 is 20.3 Å². The van der Waals surface area contributed by atoms with E-state index in [9.17, 15) is 24.0 Å². The number of anilines is 2. The Morgan fingerprint density at radius 2 is 1.78 bits per heavy atom. The Labute approximate surface area is 335 Å². The third kappa shape index (κ3) is 6.61. The third-order valence-electron chi connectivity index (χ3n) is 11.8. The molecule has 5 aliphatic rings. The number of carbonyl (C=O) groups excluding carboxylic acids is 5. The highest BCUT2D eigenvalue weighted by molar-refractivity contribution is 6.30. The quantitative estimate of drug-likeness (QED) is 0.195. The van der Waals surface area contributed by atoms with E-state index in [0.717, 1.165) is 41.5 Å². The molecule has 5 amide bonds. The molecule has 1 unspecified atom stereocenters. The van der Waals surface area contributed by atoms with Gasteiger partial charge in [-0.05, 0) is 62.3 Å². The van der Waals surface area contributed by atoms with Crippen molar-refractivity contribution >= 4 is 69.1 Å². The zero-order valence-electron chi connectivity index (χ0n) is 31.2. The van der Waals surface area contributed by atoms with Crippen LogP contribution in [0.2, 0.25) is 5.02 Å². The molecule has 0 bridgehead atoms. The molecule has 4 aliphatic heterocycles. The first-order valence-electron chi connectivity index (χ1n) is 19.5. The number of halogens is 2. The van der Waals surface area contributed by atoms with E-state index in [1.807, 2.05) is 27.9 Å². The minimum Gasteiger partial charge on any atom is -0.491 e. The Morgan fingerprint density at radius 1 is 0.983 bits per heavy atom. The van der Waals surface area contributed by atoms with Crippen molar-refractivity contribution in [3.8, 4) is 5.75 Å². The zero-order chi connectivity index (χ0) is 39.9. The minimum atomic E-state index is -1.45. The number of hydrogen-bond donors (Lipinski definition) is 2. The molecule has 5 aromatic rings. The fourth-order valence-electron chi connectivity index (χ4n) is 8.49. The normalized spacial score (nSPS) is 21.1. The summed E-state index contributed by atoms with van der Waals surface area (Å²) in [7, 11) is 0. The van der Waals surface area contributed by atoms with Crippen molar-refractivity contribution in [2.24, 2.45) is 5.92 Å². The van der Waals surface area contributed by atoms with E-state index in [-0.39, 0.29) is 55.6 Å². The lowest BCUT2D eigenvalue weighted by Crippen LogP contribution is -2.64. The number of aromatic nitrogens is 5. The summed E-state index contributed by atoms with van der Waals surface area (Å²) in [4.78, 5) is 73.1. The Morgan fingerprint density at radius 3 is 2.55 bits per heavy atom. The van der Waals surface area contributed by atoms with Crippen molar-refractivity contribution in [1.29, 1.82) is 0 Å². The van der Waals surface area contributed by atoms with Crippen LogP contribution in [0.25, 0.3) is 16.6 Å². The second-order valence-electron chi connectivity index (χ2n) is 16.0. The van der Waals surface area contributed by atoms with Crippen molar-refractivity contribution in [3.05, 3.63) is 76.8 Å². The van der Waals surface area contributed by atoms with Gasteiger partial charge in [-0.2, -0.15) is 10.2 Å². The van der Waals surface area contributed by atoms with Crippen LogP contribution in [0, 0.1) is 5.92 Å². The van der Waals surface area contributed by atoms with Crippen LogP contribution in [0.15, 0.2) is 55.1 Å². The zero-order valence-corrected chi connectivity index (χ0v) is 32.0. The molecule has 1 atom stereocenters. The van der Waals surface area contributed by atoms with Gasteiger partial charge in [0.1, 0.15) is 17.4 Å². The van der Waals surface area contributed by atoms with Gasteiger partial charge in [-0.3, -0.25) is 43.8 Å². The van der Waals surface area contributed by atoms with Gasteiger partial charge in [0, 0.05) is 55.6 Å². The Hall–Kier alpha value is -5.94. The molecule has 18 heteroatoms. The summed E-state index contributed by atoms with van der Waals surface area (Å²) in [5.41, 5.74) is 1.50. The molecule has 0 spiro atoms. The average molecular weight is 809 g/mol. The number of hydrogen-bond acceptors (Lipinski definition) is 11. The SMILES string of the molecule is O=C1CCC(N2C(=O)c3ccc(N4CC(F)(CN5CCC(n6cc7cc(NC(=O)c8cnn9cc(Cl)cnc89)c(OCC8CC8)cc7n6)CC5)C4)cc3C2=O)C(=O)N1. The van der Waals surface area contributed by atoms with E-state index in [1.54, 1.807) is 24.4 Å². The lowest BCUT2D eigenvalue weighted by Gasteiger charge is -2.48. The first-order chi connectivity index (χ1) is 28.0. The maximum Gasteiger partial charge on any atom is 0.262 e. The summed E-state index contributed by atoms with van der Waals surface area (Å²) in [6.45, 7) is 2.48. The van der Waals surface area contributed by atoms with E-state index in [2.05, 4.69) is 25.6 Å². The van der Waals surface area contributed by atoms with E-state index in [0.29, 0.717) is 59.0 Å². The smallest absolute Gasteiger partial charge is 0.262 e. The summed E-state index contributed by atoms with van der Waals surface area (Å²) in [6, 6.07) is 7.65. The van der Waals surface area contributed by atoms with Gasteiger partial charge in [0.2, 0.25) is 11.8 Å².